The average molecular weight is 327 g/mol. The second-order valence-corrected chi connectivity index (χ2v) is 6.18. The Morgan fingerprint density at radius 2 is 2.26 bits per heavy atom. The molecule has 1 amide bonds. The molecule has 19 heavy (non-hydrogen) atoms. The first-order valence-electron chi connectivity index (χ1n) is 6.65. The van der Waals surface area contributed by atoms with Crippen molar-refractivity contribution in [3.05, 3.63) is 28.5 Å². The lowest BCUT2D eigenvalue weighted by atomic mass is 9.93. The molecule has 1 saturated heterocycles. The van der Waals surface area contributed by atoms with Gasteiger partial charge in [-0.1, -0.05) is 12.5 Å². The number of amides is 1. The number of nitrogens with one attached hydrogen (secondary N) is 2. The predicted octanol–water partition coefficient (Wildman–Crippen LogP) is 2.91. The minimum Gasteiger partial charge on any atom is -0.321 e. The first-order valence-corrected chi connectivity index (χ1v) is 7.44. The fourth-order valence-electron chi connectivity index (χ4n) is 3.29. The van der Waals surface area contributed by atoms with Gasteiger partial charge < -0.3 is 10.6 Å². The van der Waals surface area contributed by atoms with Gasteiger partial charge in [0.05, 0.1) is 11.7 Å². The Morgan fingerprint density at radius 3 is 3.05 bits per heavy atom. The molecule has 0 radical (unpaired) electrons. The second-order valence-electron chi connectivity index (χ2n) is 5.33. The maximum atomic E-state index is 13.7. The number of benzene rings is 1. The number of halogens is 2. The quantitative estimate of drug-likeness (QED) is 0.877. The van der Waals surface area contributed by atoms with Crippen LogP contribution < -0.4 is 10.6 Å². The topological polar surface area (TPSA) is 41.1 Å². The van der Waals surface area contributed by atoms with Gasteiger partial charge in [-0.3, -0.25) is 4.79 Å². The molecule has 3 unspecified atom stereocenters. The highest BCUT2D eigenvalue weighted by molar-refractivity contribution is 9.10. The molecule has 0 aromatic heterocycles. The third-order valence-electron chi connectivity index (χ3n) is 4.24. The molecule has 1 saturated carbocycles. The molecule has 2 aliphatic rings. The van der Waals surface area contributed by atoms with Crippen LogP contribution in [-0.2, 0) is 4.79 Å². The number of carbonyl (C=O) groups is 1. The van der Waals surface area contributed by atoms with Gasteiger partial charge in [0, 0.05) is 4.47 Å². The van der Waals surface area contributed by atoms with Crippen molar-refractivity contribution in [1.29, 1.82) is 0 Å². The van der Waals surface area contributed by atoms with Crippen molar-refractivity contribution in [1.82, 2.24) is 5.32 Å². The molecule has 2 N–H and O–H groups in total. The SMILES string of the molecule is O=C(Nc1c(F)cccc1Br)C1NCC2CCCC21. The molecule has 1 heterocycles. The summed E-state index contributed by atoms with van der Waals surface area (Å²) < 4.78 is 14.3. The van der Waals surface area contributed by atoms with Crippen LogP contribution in [0.2, 0.25) is 0 Å². The van der Waals surface area contributed by atoms with E-state index >= 15 is 0 Å². The molecule has 0 bridgehead atoms. The lowest BCUT2D eigenvalue weighted by molar-refractivity contribution is -0.118. The van der Waals surface area contributed by atoms with Crippen LogP contribution in [0.1, 0.15) is 19.3 Å². The Morgan fingerprint density at radius 1 is 1.42 bits per heavy atom. The third-order valence-corrected chi connectivity index (χ3v) is 4.90. The number of carbonyl (C=O) groups excluding carboxylic acids is 1. The smallest absolute Gasteiger partial charge is 0.241 e. The maximum Gasteiger partial charge on any atom is 0.241 e. The summed E-state index contributed by atoms with van der Waals surface area (Å²) in [7, 11) is 0. The van der Waals surface area contributed by atoms with Gasteiger partial charge in [-0.05, 0) is 59.3 Å². The standard InChI is InChI=1S/C14H16BrFN2O/c15-10-5-2-6-11(16)13(10)18-14(19)12-9-4-1-3-8(9)7-17-12/h2,5-6,8-9,12,17H,1,3-4,7H2,(H,18,19). The lowest BCUT2D eigenvalue weighted by Crippen LogP contribution is -2.40. The molecule has 1 aromatic carbocycles. The molecule has 1 aliphatic carbocycles. The number of para-hydroxylation sites is 1. The molecule has 5 heteroatoms. The van der Waals surface area contributed by atoms with Gasteiger partial charge in [-0.15, -0.1) is 0 Å². The number of hydrogen-bond acceptors (Lipinski definition) is 2. The minimum absolute atomic E-state index is 0.125. The van der Waals surface area contributed by atoms with Crippen LogP contribution in [0.15, 0.2) is 22.7 Å². The van der Waals surface area contributed by atoms with Crippen molar-refractivity contribution < 1.29 is 9.18 Å². The molecule has 1 aliphatic heterocycles. The second kappa shape index (κ2) is 5.21. The largest absolute Gasteiger partial charge is 0.321 e. The summed E-state index contributed by atoms with van der Waals surface area (Å²) in [5.74, 6) is 0.481. The fraction of sp³-hybridized carbons (Fsp3) is 0.500. The Hall–Kier alpha value is -0.940. The van der Waals surface area contributed by atoms with Crippen LogP contribution in [0.5, 0.6) is 0 Å². The number of fused-ring (bicyclic) bond motifs is 1. The van der Waals surface area contributed by atoms with Crippen molar-refractivity contribution in [2.75, 3.05) is 11.9 Å². The van der Waals surface area contributed by atoms with Crippen LogP contribution in [0.4, 0.5) is 10.1 Å². The Labute approximate surface area is 120 Å². The van der Waals surface area contributed by atoms with E-state index in [1.165, 1.54) is 18.9 Å². The van der Waals surface area contributed by atoms with E-state index in [0.717, 1.165) is 13.0 Å². The van der Waals surface area contributed by atoms with E-state index in [1.54, 1.807) is 12.1 Å². The molecule has 3 nitrogen and oxygen atoms in total. The van der Waals surface area contributed by atoms with Crippen LogP contribution >= 0.6 is 15.9 Å². The Kier molecular flexibility index (Phi) is 3.58. The molecule has 3 atom stereocenters. The predicted molar refractivity (Wildman–Crippen MR) is 75.4 cm³/mol. The summed E-state index contributed by atoms with van der Waals surface area (Å²) in [6, 6.07) is 4.49. The normalized spacial score (nSPS) is 29.3. The molecule has 0 spiro atoms. The summed E-state index contributed by atoms with van der Waals surface area (Å²) in [5.41, 5.74) is 0.232. The Bertz CT molecular complexity index is 488. The highest BCUT2D eigenvalue weighted by atomic mass is 79.9. The summed E-state index contributed by atoms with van der Waals surface area (Å²) in [6.45, 7) is 0.904. The first kappa shape index (κ1) is 13.1. The summed E-state index contributed by atoms with van der Waals surface area (Å²) >= 11 is 3.27. The third kappa shape index (κ3) is 2.41. The van der Waals surface area contributed by atoms with Crippen LogP contribution in [0, 0.1) is 17.7 Å². The minimum atomic E-state index is -0.413. The Balaban J connectivity index is 1.75. The fourth-order valence-corrected chi connectivity index (χ4v) is 3.73. The van der Waals surface area contributed by atoms with Gasteiger partial charge in [0.1, 0.15) is 5.82 Å². The molecule has 102 valence electrons. The zero-order chi connectivity index (χ0) is 13.4. The van der Waals surface area contributed by atoms with E-state index in [2.05, 4.69) is 26.6 Å². The van der Waals surface area contributed by atoms with E-state index in [9.17, 15) is 9.18 Å². The highest BCUT2D eigenvalue weighted by Crippen LogP contribution is 2.38. The highest BCUT2D eigenvalue weighted by Gasteiger charge is 2.42. The van der Waals surface area contributed by atoms with Crippen LogP contribution in [0.25, 0.3) is 0 Å². The van der Waals surface area contributed by atoms with Gasteiger partial charge >= 0.3 is 0 Å². The van der Waals surface area contributed by atoms with Gasteiger partial charge in [0.15, 0.2) is 0 Å². The van der Waals surface area contributed by atoms with Crippen molar-refractivity contribution in [3.63, 3.8) is 0 Å². The van der Waals surface area contributed by atoms with Crippen molar-refractivity contribution >= 4 is 27.5 Å². The zero-order valence-corrected chi connectivity index (χ0v) is 12.0. The van der Waals surface area contributed by atoms with Crippen LogP contribution in [0.3, 0.4) is 0 Å². The monoisotopic (exact) mass is 326 g/mol. The van der Waals surface area contributed by atoms with E-state index in [0.29, 0.717) is 16.3 Å². The molecule has 3 rings (SSSR count). The molecular formula is C14H16BrFN2O. The first-order chi connectivity index (χ1) is 9.16. The average Bonchev–Trinajstić information content (AvgIpc) is 2.95. The molecule has 1 aromatic rings. The summed E-state index contributed by atoms with van der Waals surface area (Å²) in [6.07, 6.45) is 3.49. The van der Waals surface area contributed by atoms with E-state index in [4.69, 9.17) is 0 Å². The zero-order valence-electron chi connectivity index (χ0n) is 10.5. The molecule has 2 fully saturated rings. The van der Waals surface area contributed by atoms with Crippen molar-refractivity contribution in [2.24, 2.45) is 11.8 Å². The number of hydrogen-bond donors (Lipinski definition) is 2. The van der Waals surface area contributed by atoms with E-state index < -0.39 is 5.82 Å². The van der Waals surface area contributed by atoms with Crippen molar-refractivity contribution in [3.8, 4) is 0 Å². The van der Waals surface area contributed by atoms with Gasteiger partial charge in [0.2, 0.25) is 5.91 Å². The van der Waals surface area contributed by atoms with Gasteiger partial charge in [0.25, 0.3) is 0 Å². The van der Waals surface area contributed by atoms with Gasteiger partial charge in [-0.25, -0.2) is 4.39 Å². The van der Waals surface area contributed by atoms with E-state index in [-0.39, 0.29) is 17.6 Å². The number of anilines is 1. The summed E-state index contributed by atoms with van der Waals surface area (Å²) in [5, 5.41) is 5.98. The maximum absolute atomic E-state index is 13.7. The lowest BCUT2D eigenvalue weighted by Gasteiger charge is -2.18. The summed E-state index contributed by atoms with van der Waals surface area (Å²) in [4.78, 5) is 12.3. The van der Waals surface area contributed by atoms with Gasteiger partial charge in [-0.2, -0.15) is 0 Å². The van der Waals surface area contributed by atoms with Crippen molar-refractivity contribution in [2.45, 2.75) is 25.3 Å². The number of rotatable bonds is 2. The molecular weight excluding hydrogens is 311 g/mol. The van der Waals surface area contributed by atoms with Crippen LogP contribution in [-0.4, -0.2) is 18.5 Å². The van der Waals surface area contributed by atoms with E-state index in [1.807, 2.05) is 0 Å².